The molecule has 1 saturated heterocycles. The highest BCUT2D eigenvalue weighted by Gasteiger charge is 2.33. The molecule has 0 aliphatic carbocycles. The maximum Gasteiger partial charge on any atom is 0.335 e. The van der Waals surface area contributed by atoms with Gasteiger partial charge in [0.15, 0.2) is 6.10 Å². The van der Waals surface area contributed by atoms with Gasteiger partial charge in [0.05, 0.1) is 11.3 Å². The molecule has 0 saturated carbocycles. The summed E-state index contributed by atoms with van der Waals surface area (Å²) in [5.41, 5.74) is 0.371. The van der Waals surface area contributed by atoms with E-state index < -0.39 is 23.9 Å². The van der Waals surface area contributed by atoms with Crippen LogP contribution in [-0.4, -0.2) is 52.3 Å². The van der Waals surface area contributed by atoms with Crippen molar-refractivity contribution in [3.63, 3.8) is 0 Å². The van der Waals surface area contributed by atoms with Crippen molar-refractivity contribution in [2.45, 2.75) is 32.0 Å². The van der Waals surface area contributed by atoms with Crippen LogP contribution in [-0.2, 0) is 14.3 Å². The number of aromatic nitrogens is 2. The largest absolute Gasteiger partial charge is 0.479 e. The Balaban J connectivity index is 1.49. The highest BCUT2D eigenvalue weighted by atomic mass is 32.1. The van der Waals surface area contributed by atoms with Crippen molar-refractivity contribution >= 4 is 39.9 Å². The zero-order valence-corrected chi connectivity index (χ0v) is 16.3. The minimum absolute atomic E-state index is 0.0326. The number of fused-ring (bicyclic) bond motifs is 1. The van der Waals surface area contributed by atoms with Crippen molar-refractivity contribution < 1.29 is 29.0 Å². The molecule has 2 unspecified atom stereocenters. The number of rotatable bonds is 5. The fourth-order valence-electron chi connectivity index (χ4n) is 3.20. The van der Waals surface area contributed by atoms with Gasteiger partial charge < -0.3 is 14.6 Å². The second-order valence-corrected chi connectivity index (χ2v) is 7.68. The highest BCUT2D eigenvalue weighted by molar-refractivity contribution is 7.15. The minimum Gasteiger partial charge on any atom is -0.479 e. The highest BCUT2D eigenvalue weighted by Crippen LogP contribution is 2.35. The second kappa shape index (κ2) is 7.76. The molecule has 0 radical (unpaired) electrons. The molecule has 3 heterocycles. The summed E-state index contributed by atoms with van der Waals surface area (Å²) in [6, 6.07) is 4.15. The number of nitrogens with zero attached hydrogens (tertiary/aromatic N) is 3. The average Bonchev–Trinajstić information content (AvgIpc) is 3.36. The first kappa shape index (κ1) is 19.3. The van der Waals surface area contributed by atoms with Gasteiger partial charge >= 0.3 is 5.97 Å². The summed E-state index contributed by atoms with van der Waals surface area (Å²) in [6.07, 6.45) is 0.909. The predicted molar refractivity (Wildman–Crippen MR) is 102 cm³/mol. The maximum atomic E-state index is 12.5. The quantitative estimate of drug-likeness (QED) is 0.752. The maximum absolute atomic E-state index is 12.5. The number of carbonyl (C=O) groups is 3. The molecular weight excluding hydrogens is 400 g/mol. The molecule has 152 valence electrons. The molecule has 2 aromatic rings. The van der Waals surface area contributed by atoms with E-state index in [1.807, 2.05) is 0 Å². The first-order valence-electron chi connectivity index (χ1n) is 9.02. The van der Waals surface area contributed by atoms with Crippen molar-refractivity contribution in [2.75, 3.05) is 23.4 Å². The lowest BCUT2D eigenvalue weighted by atomic mass is 10.1. The normalized spacial score (nSPS) is 20.9. The molecule has 29 heavy (non-hydrogen) atoms. The molecule has 2 amide bonds. The van der Waals surface area contributed by atoms with E-state index in [4.69, 9.17) is 14.6 Å². The molecule has 2 N–H and O–H groups in total. The van der Waals surface area contributed by atoms with Gasteiger partial charge in [0, 0.05) is 6.61 Å². The van der Waals surface area contributed by atoms with Crippen molar-refractivity contribution in [1.29, 1.82) is 0 Å². The number of benzene rings is 1. The van der Waals surface area contributed by atoms with E-state index in [0.717, 1.165) is 12.8 Å². The fourth-order valence-corrected chi connectivity index (χ4v) is 4.04. The summed E-state index contributed by atoms with van der Waals surface area (Å²) in [5, 5.41) is 20.9. The van der Waals surface area contributed by atoms with Gasteiger partial charge in [0.25, 0.3) is 5.91 Å². The number of carboxylic acids is 1. The zero-order valence-electron chi connectivity index (χ0n) is 15.5. The number of hydrogen-bond donors (Lipinski definition) is 2. The van der Waals surface area contributed by atoms with E-state index in [1.54, 1.807) is 6.92 Å². The monoisotopic (exact) mass is 418 g/mol. The molecule has 11 heteroatoms. The molecular formula is C18H18N4O6S. The first-order chi connectivity index (χ1) is 13.9. The van der Waals surface area contributed by atoms with Crippen LogP contribution in [0, 0.1) is 0 Å². The summed E-state index contributed by atoms with van der Waals surface area (Å²) >= 11 is 1.24. The van der Waals surface area contributed by atoms with Crippen LogP contribution >= 0.6 is 11.3 Å². The van der Waals surface area contributed by atoms with E-state index >= 15 is 0 Å². The Labute approximate surface area is 169 Å². The van der Waals surface area contributed by atoms with Gasteiger partial charge in [-0.25, -0.2) is 4.79 Å². The molecule has 2 atom stereocenters. The third-order valence-electron chi connectivity index (χ3n) is 4.61. The van der Waals surface area contributed by atoms with Gasteiger partial charge in [0.1, 0.15) is 23.4 Å². The number of hydrogen-bond acceptors (Lipinski definition) is 8. The predicted octanol–water partition coefficient (Wildman–Crippen LogP) is 1.84. The van der Waals surface area contributed by atoms with Crippen LogP contribution in [0.15, 0.2) is 18.2 Å². The number of ether oxygens (including phenoxy) is 2. The Morgan fingerprint density at radius 1 is 1.38 bits per heavy atom. The SMILES string of the molecule is CC1Oc2cc(C(=O)O)ccc2N(CC(=O)Nc2nnc(C3CCCO3)s2)C1=O. The number of carboxylic acid groups (broad SMARTS) is 1. The van der Waals surface area contributed by atoms with Gasteiger partial charge in [-0.15, -0.1) is 10.2 Å². The molecule has 1 fully saturated rings. The van der Waals surface area contributed by atoms with Crippen LogP contribution in [0.1, 0.15) is 41.2 Å². The van der Waals surface area contributed by atoms with Gasteiger partial charge in [-0.3, -0.25) is 19.8 Å². The van der Waals surface area contributed by atoms with E-state index in [9.17, 15) is 14.4 Å². The van der Waals surface area contributed by atoms with Crippen molar-refractivity contribution in [2.24, 2.45) is 0 Å². The molecule has 1 aromatic carbocycles. The molecule has 0 bridgehead atoms. The van der Waals surface area contributed by atoms with Gasteiger partial charge in [0.2, 0.25) is 11.0 Å². The van der Waals surface area contributed by atoms with E-state index in [0.29, 0.717) is 22.4 Å². The van der Waals surface area contributed by atoms with Crippen LogP contribution in [0.25, 0.3) is 0 Å². The van der Waals surface area contributed by atoms with Crippen LogP contribution in [0.5, 0.6) is 5.75 Å². The van der Waals surface area contributed by atoms with Gasteiger partial charge in [-0.05, 0) is 38.0 Å². The second-order valence-electron chi connectivity index (χ2n) is 6.67. The Hall–Kier alpha value is -3.05. The number of carbonyl (C=O) groups excluding carboxylic acids is 2. The van der Waals surface area contributed by atoms with Crippen LogP contribution in [0.4, 0.5) is 10.8 Å². The Bertz CT molecular complexity index is 971. The summed E-state index contributed by atoms with van der Waals surface area (Å²) in [6.45, 7) is 1.97. The third-order valence-corrected chi connectivity index (χ3v) is 5.54. The molecule has 0 spiro atoms. The molecule has 2 aliphatic rings. The Morgan fingerprint density at radius 2 is 2.21 bits per heavy atom. The number of amides is 2. The van der Waals surface area contributed by atoms with Crippen molar-refractivity contribution in [3.8, 4) is 5.75 Å². The Morgan fingerprint density at radius 3 is 2.93 bits per heavy atom. The van der Waals surface area contributed by atoms with Crippen LogP contribution < -0.4 is 15.0 Å². The molecule has 10 nitrogen and oxygen atoms in total. The van der Waals surface area contributed by atoms with Gasteiger partial charge in [-0.2, -0.15) is 0 Å². The molecule has 2 aliphatic heterocycles. The van der Waals surface area contributed by atoms with Gasteiger partial charge in [-0.1, -0.05) is 11.3 Å². The lowest BCUT2D eigenvalue weighted by molar-refractivity contribution is -0.127. The number of aromatic carboxylic acids is 1. The zero-order chi connectivity index (χ0) is 20.5. The van der Waals surface area contributed by atoms with E-state index in [-0.39, 0.29) is 24.0 Å². The lowest BCUT2D eigenvalue weighted by Gasteiger charge is -2.32. The average molecular weight is 418 g/mol. The summed E-state index contributed by atoms with van der Waals surface area (Å²) in [5.74, 6) is -1.71. The third kappa shape index (κ3) is 3.91. The summed E-state index contributed by atoms with van der Waals surface area (Å²) in [4.78, 5) is 37.5. The van der Waals surface area contributed by atoms with E-state index in [1.165, 1.54) is 34.4 Å². The smallest absolute Gasteiger partial charge is 0.335 e. The van der Waals surface area contributed by atoms with E-state index in [2.05, 4.69) is 15.5 Å². The number of anilines is 2. The first-order valence-corrected chi connectivity index (χ1v) is 9.84. The summed E-state index contributed by atoms with van der Waals surface area (Å²) in [7, 11) is 0. The minimum atomic E-state index is -1.11. The molecule has 4 rings (SSSR count). The lowest BCUT2D eigenvalue weighted by Crippen LogP contribution is -2.47. The standard InChI is InChI=1S/C18H18N4O6S/c1-9-16(24)22(11-5-4-10(17(25)26)7-13(11)28-9)8-14(23)19-18-21-20-15(29-18)12-3-2-6-27-12/h4-5,7,9,12H,2-3,6,8H2,1H3,(H,25,26)(H,19,21,23). The number of nitrogens with one attached hydrogen (secondary N) is 1. The Kier molecular flexibility index (Phi) is 5.16. The van der Waals surface area contributed by atoms with Crippen molar-refractivity contribution in [1.82, 2.24) is 10.2 Å². The van der Waals surface area contributed by atoms with Crippen LogP contribution in [0.3, 0.4) is 0 Å². The summed E-state index contributed by atoms with van der Waals surface area (Å²) < 4.78 is 11.1. The van der Waals surface area contributed by atoms with Crippen molar-refractivity contribution in [3.05, 3.63) is 28.8 Å². The van der Waals surface area contributed by atoms with Crippen LogP contribution in [0.2, 0.25) is 0 Å². The topological polar surface area (TPSA) is 131 Å². The fraction of sp³-hybridized carbons (Fsp3) is 0.389. The molecule has 1 aromatic heterocycles.